The molecule has 1 saturated carbocycles. The minimum Gasteiger partial charge on any atom is -0.383 e. The molecule has 0 aliphatic heterocycles. The van der Waals surface area contributed by atoms with E-state index in [1.807, 2.05) is 0 Å². The van der Waals surface area contributed by atoms with Crippen LogP contribution in [0.3, 0.4) is 0 Å². The number of carbonyl (C=O) groups excluding carboxylic acids is 1. The van der Waals surface area contributed by atoms with Crippen LogP contribution in [0.4, 0.5) is 0 Å². The predicted octanol–water partition coefficient (Wildman–Crippen LogP) is 2.20. The van der Waals surface area contributed by atoms with Gasteiger partial charge >= 0.3 is 0 Å². The Balaban J connectivity index is 2.52. The van der Waals surface area contributed by atoms with Crippen LogP contribution in [-0.2, 0) is 9.53 Å². The number of rotatable bonds is 5. The van der Waals surface area contributed by atoms with Gasteiger partial charge in [0.05, 0.1) is 6.61 Å². The fraction of sp³-hybridized carbons (Fsp3) is 0.929. The molecule has 0 heterocycles. The summed E-state index contributed by atoms with van der Waals surface area (Å²) in [5, 5.41) is 0. The van der Waals surface area contributed by atoms with E-state index in [1.54, 1.807) is 7.11 Å². The number of hydrogen-bond acceptors (Lipinski definition) is 3. The second kappa shape index (κ2) is 6.50. The van der Waals surface area contributed by atoms with Crippen molar-refractivity contribution in [1.82, 2.24) is 4.90 Å². The van der Waals surface area contributed by atoms with E-state index in [2.05, 4.69) is 32.7 Å². The van der Waals surface area contributed by atoms with E-state index in [-0.39, 0.29) is 5.92 Å². The maximum absolute atomic E-state index is 12.1. The molecule has 0 radical (unpaired) electrons. The first-order chi connectivity index (χ1) is 7.95. The van der Waals surface area contributed by atoms with Gasteiger partial charge in [-0.1, -0.05) is 13.8 Å². The fourth-order valence-electron chi connectivity index (χ4n) is 2.83. The van der Waals surface area contributed by atoms with Crippen molar-refractivity contribution in [2.45, 2.75) is 39.7 Å². The number of carbonyl (C=O) groups is 1. The average molecular weight is 241 g/mol. The molecule has 0 N–H and O–H groups in total. The van der Waals surface area contributed by atoms with Crippen molar-refractivity contribution in [3.8, 4) is 0 Å². The number of ketones is 1. The van der Waals surface area contributed by atoms with Gasteiger partial charge in [0.1, 0.15) is 5.78 Å². The molecule has 0 bridgehead atoms. The van der Waals surface area contributed by atoms with E-state index in [4.69, 9.17) is 4.74 Å². The van der Waals surface area contributed by atoms with Crippen molar-refractivity contribution < 1.29 is 9.53 Å². The lowest BCUT2D eigenvalue weighted by Crippen LogP contribution is -2.43. The molecule has 1 aliphatic rings. The summed E-state index contributed by atoms with van der Waals surface area (Å²) in [6.45, 7) is 8.14. The molecule has 0 amide bonds. The topological polar surface area (TPSA) is 29.5 Å². The molecule has 1 aliphatic carbocycles. The number of Topliss-reactive ketones (excluding diaryl/α,β-unsaturated/α-hetero) is 1. The van der Waals surface area contributed by atoms with E-state index in [9.17, 15) is 4.79 Å². The van der Waals surface area contributed by atoms with E-state index < -0.39 is 0 Å². The molecule has 0 aromatic heterocycles. The molecule has 4 atom stereocenters. The van der Waals surface area contributed by atoms with Crippen molar-refractivity contribution in [1.29, 1.82) is 0 Å². The second-order valence-electron chi connectivity index (χ2n) is 5.84. The first-order valence-electron chi connectivity index (χ1n) is 6.67. The summed E-state index contributed by atoms with van der Waals surface area (Å²) in [6.07, 6.45) is 1.95. The van der Waals surface area contributed by atoms with Gasteiger partial charge in [0.25, 0.3) is 0 Å². The summed E-state index contributed by atoms with van der Waals surface area (Å²) in [5.74, 6) is 1.75. The maximum atomic E-state index is 12.1. The van der Waals surface area contributed by atoms with Crippen molar-refractivity contribution in [3.63, 3.8) is 0 Å². The van der Waals surface area contributed by atoms with Gasteiger partial charge in [-0.25, -0.2) is 0 Å². The highest BCUT2D eigenvalue weighted by Gasteiger charge is 2.33. The second-order valence-corrected chi connectivity index (χ2v) is 5.84. The van der Waals surface area contributed by atoms with Crippen LogP contribution in [0.5, 0.6) is 0 Å². The lowest BCUT2D eigenvalue weighted by Gasteiger charge is -2.35. The molecule has 1 fully saturated rings. The van der Waals surface area contributed by atoms with Gasteiger partial charge in [0, 0.05) is 32.0 Å². The normalized spacial score (nSPS) is 31.9. The number of nitrogens with zero attached hydrogens (tertiary/aromatic N) is 1. The summed E-state index contributed by atoms with van der Waals surface area (Å²) in [6, 6.07) is 0.374. The third-order valence-electron chi connectivity index (χ3n) is 4.07. The molecule has 100 valence electrons. The van der Waals surface area contributed by atoms with Gasteiger partial charge in [-0.15, -0.1) is 0 Å². The summed E-state index contributed by atoms with van der Waals surface area (Å²) in [4.78, 5) is 14.3. The molecule has 0 aromatic rings. The zero-order valence-corrected chi connectivity index (χ0v) is 11.9. The van der Waals surface area contributed by atoms with E-state index in [0.29, 0.717) is 23.7 Å². The number of hydrogen-bond donors (Lipinski definition) is 0. The Morgan fingerprint density at radius 3 is 2.65 bits per heavy atom. The molecule has 3 heteroatoms. The zero-order valence-electron chi connectivity index (χ0n) is 11.9. The highest BCUT2D eigenvalue weighted by molar-refractivity contribution is 5.82. The van der Waals surface area contributed by atoms with Crippen LogP contribution in [-0.4, -0.2) is 44.0 Å². The zero-order chi connectivity index (χ0) is 13.0. The molecule has 0 saturated heterocycles. The standard InChI is InChI=1S/C14H27NO2/c1-10-6-11(2)13(14(16)7-10)8-15(4)12(3)9-17-5/h10-13H,6-9H2,1-5H3. The van der Waals surface area contributed by atoms with Gasteiger partial charge in [-0.2, -0.15) is 0 Å². The summed E-state index contributed by atoms with van der Waals surface area (Å²) in [7, 11) is 3.81. The largest absolute Gasteiger partial charge is 0.383 e. The third kappa shape index (κ3) is 4.07. The number of likely N-dealkylation sites (N-methyl/N-ethyl adjacent to an activating group) is 1. The van der Waals surface area contributed by atoms with Gasteiger partial charge in [-0.3, -0.25) is 4.79 Å². The maximum Gasteiger partial charge on any atom is 0.137 e. The Hall–Kier alpha value is -0.410. The SMILES string of the molecule is COCC(C)N(C)CC1C(=O)CC(C)CC1C. The number of methoxy groups -OCH3 is 1. The Morgan fingerprint density at radius 2 is 2.12 bits per heavy atom. The molecular weight excluding hydrogens is 214 g/mol. The van der Waals surface area contributed by atoms with Crippen molar-refractivity contribution in [2.75, 3.05) is 27.3 Å². The van der Waals surface area contributed by atoms with Crippen LogP contribution in [0.2, 0.25) is 0 Å². The van der Waals surface area contributed by atoms with E-state index in [1.165, 1.54) is 6.42 Å². The minimum absolute atomic E-state index is 0.218. The van der Waals surface area contributed by atoms with Crippen LogP contribution < -0.4 is 0 Å². The Kier molecular flexibility index (Phi) is 5.60. The summed E-state index contributed by atoms with van der Waals surface area (Å²) in [5.41, 5.74) is 0. The highest BCUT2D eigenvalue weighted by atomic mass is 16.5. The number of ether oxygens (including phenoxy) is 1. The molecule has 1 rings (SSSR count). The minimum atomic E-state index is 0.218. The average Bonchev–Trinajstić information content (AvgIpc) is 2.23. The summed E-state index contributed by atoms with van der Waals surface area (Å²) < 4.78 is 5.16. The quantitative estimate of drug-likeness (QED) is 0.739. The lowest BCUT2D eigenvalue weighted by molar-refractivity contribution is -0.128. The summed E-state index contributed by atoms with van der Waals surface area (Å²) >= 11 is 0. The monoisotopic (exact) mass is 241 g/mol. The molecule has 0 aromatic carbocycles. The van der Waals surface area contributed by atoms with Gasteiger partial charge in [0.2, 0.25) is 0 Å². The van der Waals surface area contributed by atoms with Crippen LogP contribution >= 0.6 is 0 Å². The molecule has 4 unspecified atom stereocenters. The van der Waals surface area contributed by atoms with Crippen molar-refractivity contribution in [3.05, 3.63) is 0 Å². The highest BCUT2D eigenvalue weighted by Crippen LogP contribution is 2.31. The predicted molar refractivity (Wildman–Crippen MR) is 70.0 cm³/mol. The van der Waals surface area contributed by atoms with Crippen molar-refractivity contribution in [2.24, 2.45) is 17.8 Å². The lowest BCUT2D eigenvalue weighted by atomic mass is 9.74. The van der Waals surface area contributed by atoms with Crippen LogP contribution in [0.25, 0.3) is 0 Å². The van der Waals surface area contributed by atoms with Gasteiger partial charge in [-0.05, 0) is 32.2 Å². The van der Waals surface area contributed by atoms with E-state index in [0.717, 1.165) is 19.6 Å². The molecule has 17 heavy (non-hydrogen) atoms. The first kappa shape index (κ1) is 14.7. The molecule has 3 nitrogen and oxygen atoms in total. The van der Waals surface area contributed by atoms with Crippen molar-refractivity contribution >= 4 is 5.78 Å². The Labute approximate surface area is 106 Å². The third-order valence-corrected chi connectivity index (χ3v) is 4.07. The Morgan fingerprint density at radius 1 is 1.47 bits per heavy atom. The van der Waals surface area contributed by atoms with Crippen LogP contribution in [0, 0.1) is 17.8 Å². The molecule has 0 spiro atoms. The fourth-order valence-corrected chi connectivity index (χ4v) is 2.83. The first-order valence-corrected chi connectivity index (χ1v) is 6.67. The van der Waals surface area contributed by atoms with Gasteiger partial charge < -0.3 is 9.64 Å². The van der Waals surface area contributed by atoms with Crippen LogP contribution in [0.1, 0.15) is 33.6 Å². The van der Waals surface area contributed by atoms with Gasteiger partial charge in [0.15, 0.2) is 0 Å². The smallest absolute Gasteiger partial charge is 0.137 e. The van der Waals surface area contributed by atoms with E-state index >= 15 is 0 Å². The Bertz CT molecular complexity index is 255. The van der Waals surface area contributed by atoms with Crippen LogP contribution in [0.15, 0.2) is 0 Å². The molecular formula is C14H27NO2.